The summed E-state index contributed by atoms with van der Waals surface area (Å²) in [5.74, 6) is -1.71. The Bertz CT molecular complexity index is 1550. The number of benzene rings is 1. The van der Waals surface area contributed by atoms with Crippen molar-refractivity contribution in [1.82, 2.24) is 14.3 Å². The molecule has 10 nitrogen and oxygen atoms in total. The minimum Gasteiger partial charge on any atom is -0.365 e. The van der Waals surface area contributed by atoms with E-state index in [2.05, 4.69) is 9.71 Å². The zero-order valence-electron chi connectivity index (χ0n) is 21.6. The summed E-state index contributed by atoms with van der Waals surface area (Å²) in [7, 11) is -0.178. The maximum absolute atomic E-state index is 15.3. The first kappa shape index (κ1) is 28.7. The fourth-order valence-electron chi connectivity index (χ4n) is 4.42. The molecule has 2 aromatic heterocycles. The molecule has 1 unspecified atom stereocenters. The standard InChI is InChI=1S/C25H28ClFN6O4S2/c1-16(21-6-7-22(26)38-21)15-39(36,37)30-19-8-10-32(25(19)35)20-5-4-17(12-18(20)27)31-11-9-29-24(31)14-33(2,3)13-23(28)34/h4-9,11-12,16,30H,10,13-15H2,1-3H3,(H-,28,34)/p+1. The summed E-state index contributed by atoms with van der Waals surface area (Å²) in [5, 5.41) is 0. The van der Waals surface area contributed by atoms with Gasteiger partial charge in [0.15, 0.2) is 12.4 Å². The molecule has 208 valence electrons. The number of nitrogens with zero attached hydrogens (tertiary/aromatic N) is 4. The third-order valence-electron chi connectivity index (χ3n) is 6.14. The van der Waals surface area contributed by atoms with Gasteiger partial charge in [-0.3, -0.25) is 18.9 Å². The van der Waals surface area contributed by atoms with Gasteiger partial charge in [0.05, 0.1) is 29.9 Å². The molecule has 0 saturated carbocycles. The van der Waals surface area contributed by atoms with Crippen molar-refractivity contribution in [2.24, 2.45) is 5.73 Å². The number of thiophene rings is 1. The molecule has 0 aliphatic carbocycles. The van der Waals surface area contributed by atoms with Crippen LogP contribution in [0, 0.1) is 5.82 Å². The maximum atomic E-state index is 15.3. The van der Waals surface area contributed by atoms with Crippen LogP contribution in [0.5, 0.6) is 0 Å². The van der Waals surface area contributed by atoms with Crippen molar-refractivity contribution in [2.75, 3.05) is 37.8 Å². The number of amides is 2. The SMILES string of the molecule is CC(CS(=O)(=O)NC1=CCN(c2ccc(-n3ccnc3C[N+](C)(C)CC(N)=O)cc2F)C1=O)c1ccc(Cl)s1. The number of imidazole rings is 1. The van der Waals surface area contributed by atoms with Crippen LogP contribution >= 0.6 is 22.9 Å². The van der Waals surface area contributed by atoms with Crippen molar-refractivity contribution in [1.29, 1.82) is 0 Å². The van der Waals surface area contributed by atoms with Crippen molar-refractivity contribution in [3.05, 3.63) is 75.4 Å². The molecular formula is C25H29ClFN6O4S2+. The number of anilines is 1. The Labute approximate surface area is 235 Å². The number of hydrogen-bond donors (Lipinski definition) is 2. The number of hydrogen-bond acceptors (Lipinski definition) is 6. The van der Waals surface area contributed by atoms with Crippen LogP contribution in [0.1, 0.15) is 23.5 Å². The van der Waals surface area contributed by atoms with Gasteiger partial charge in [0.1, 0.15) is 18.1 Å². The molecule has 3 heterocycles. The fourth-order valence-corrected chi connectivity index (χ4v) is 7.06. The fraction of sp³-hybridized carbons (Fsp3) is 0.320. The van der Waals surface area contributed by atoms with Gasteiger partial charge < -0.3 is 15.1 Å². The van der Waals surface area contributed by atoms with Crippen LogP contribution in [0.2, 0.25) is 4.34 Å². The van der Waals surface area contributed by atoms with Gasteiger partial charge in [-0.1, -0.05) is 18.5 Å². The van der Waals surface area contributed by atoms with E-state index in [4.69, 9.17) is 17.3 Å². The van der Waals surface area contributed by atoms with Crippen molar-refractivity contribution < 1.29 is 26.9 Å². The second-order valence-electron chi connectivity index (χ2n) is 10.0. The number of carbonyl (C=O) groups excluding carboxylic acids is 2. The van der Waals surface area contributed by atoms with Crippen LogP contribution in [0.3, 0.4) is 0 Å². The third kappa shape index (κ3) is 6.85. The number of primary amides is 1. The number of sulfonamides is 1. The van der Waals surface area contributed by atoms with Gasteiger partial charge in [-0.2, -0.15) is 0 Å². The van der Waals surface area contributed by atoms with E-state index in [1.54, 1.807) is 42.1 Å². The minimum atomic E-state index is -3.85. The Hall–Kier alpha value is -3.26. The Morgan fingerprint density at radius 1 is 1.31 bits per heavy atom. The lowest BCUT2D eigenvalue weighted by molar-refractivity contribution is -0.896. The molecule has 3 N–H and O–H groups in total. The Kier molecular flexibility index (Phi) is 8.17. The summed E-state index contributed by atoms with van der Waals surface area (Å²) in [5.41, 5.74) is 5.71. The average molecular weight is 596 g/mol. The molecule has 4 rings (SSSR count). The van der Waals surface area contributed by atoms with E-state index in [-0.39, 0.29) is 40.6 Å². The first-order valence-electron chi connectivity index (χ1n) is 11.9. The molecular weight excluding hydrogens is 567 g/mol. The molecule has 0 spiro atoms. The first-order chi connectivity index (χ1) is 18.2. The van der Waals surface area contributed by atoms with E-state index in [9.17, 15) is 18.0 Å². The van der Waals surface area contributed by atoms with Crippen molar-refractivity contribution >= 4 is 50.5 Å². The number of carbonyl (C=O) groups is 2. The molecule has 0 saturated heterocycles. The molecule has 1 atom stereocenters. The van der Waals surface area contributed by atoms with Gasteiger partial charge in [-0.25, -0.2) is 17.8 Å². The largest absolute Gasteiger partial charge is 0.365 e. The van der Waals surface area contributed by atoms with Gasteiger partial charge in [0.25, 0.3) is 11.8 Å². The molecule has 0 bridgehead atoms. The number of rotatable bonds is 11. The lowest BCUT2D eigenvalue weighted by Gasteiger charge is -2.28. The predicted octanol–water partition coefficient (Wildman–Crippen LogP) is 2.74. The van der Waals surface area contributed by atoms with Crippen molar-refractivity contribution in [3.63, 3.8) is 0 Å². The number of quaternary nitrogens is 1. The van der Waals surface area contributed by atoms with Gasteiger partial charge in [-0.15, -0.1) is 11.3 Å². The van der Waals surface area contributed by atoms with Crippen LogP contribution in [0.25, 0.3) is 5.69 Å². The molecule has 14 heteroatoms. The van der Waals surface area contributed by atoms with Crippen molar-refractivity contribution in [2.45, 2.75) is 19.4 Å². The predicted molar refractivity (Wildman–Crippen MR) is 148 cm³/mol. The van der Waals surface area contributed by atoms with Gasteiger partial charge in [-0.05, 0) is 30.3 Å². The third-order valence-corrected chi connectivity index (χ3v) is 9.07. The average Bonchev–Trinajstić information content (AvgIpc) is 3.53. The smallest absolute Gasteiger partial charge is 0.275 e. The summed E-state index contributed by atoms with van der Waals surface area (Å²) in [6.45, 7) is 2.25. The highest BCUT2D eigenvalue weighted by atomic mass is 35.5. The lowest BCUT2D eigenvalue weighted by Crippen LogP contribution is -2.45. The van der Waals surface area contributed by atoms with E-state index in [1.165, 1.54) is 34.4 Å². The topological polar surface area (TPSA) is 127 Å². The zero-order chi connectivity index (χ0) is 28.5. The monoisotopic (exact) mass is 595 g/mol. The molecule has 39 heavy (non-hydrogen) atoms. The second-order valence-corrected chi connectivity index (χ2v) is 13.5. The van der Waals surface area contributed by atoms with Crippen LogP contribution in [0.4, 0.5) is 10.1 Å². The van der Waals surface area contributed by atoms with E-state index in [0.29, 0.717) is 22.4 Å². The van der Waals surface area contributed by atoms with E-state index < -0.39 is 27.7 Å². The Morgan fingerprint density at radius 2 is 2.05 bits per heavy atom. The van der Waals surface area contributed by atoms with E-state index in [1.807, 2.05) is 14.1 Å². The molecule has 1 aliphatic heterocycles. The maximum Gasteiger partial charge on any atom is 0.275 e. The highest BCUT2D eigenvalue weighted by Gasteiger charge is 2.31. The number of likely N-dealkylation sites (N-methyl/N-ethyl adjacent to an activating group) is 1. The normalized spacial score (nSPS) is 14.9. The van der Waals surface area contributed by atoms with Crippen LogP contribution < -0.4 is 15.4 Å². The summed E-state index contributed by atoms with van der Waals surface area (Å²) < 4.78 is 45.6. The quantitative estimate of drug-likeness (QED) is 0.330. The Balaban J connectivity index is 1.45. The van der Waals surface area contributed by atoms with Gasteiger partial charge >= 0.3 is 0 Å². The van der Waals surface area contributed by atoms with Crippen LogP contribution in [-0.4, -0.2) is 67.2 Å². The number of nitrogens with two attached hydrogens (primary N) is 1. The van der Waals surface area contributed by atoms with Gasteiger partial charge in [0.2, 0.25) is 10.0 Å². The van der Waals surface area contributed by atoms with Crippen LogP contribution in [0.15, 0.2) is 54.5 Å². The minimum absolute atomic E-state index is 0.0121. The van der Waals surface area contributed by atoms with Gasteiger partial charge in [0, 0.05) is 41.5 Å². The molecule has 3 aromatic rings. The van der Waals surface area contributed by atoms with E-state index in [0.717, 1.165) is 4.88 Å². The van der Waals surface area contributed by atoms with Crippen LogP contribution in [-0.2, 0) is 26.2 Å². The molecule has 0 radical (unpaired) electrons. The number of halogens is 2. The van der Waals surface area contributed by atoms with E-state index >= 15 is 4.39 Å². The number of nitrogens with one attached hydrogen (secondary N) is 1. The second kappa shape index (κ2) is 11.1. The highest BCUT2D eigenvalue weighted by molar-refractivity contribution is 7.89. The molecule has 1 aromatic carbocycles. The molecule has 0 fully saturated rings. The molecule has 2 amide bonds. The highest BCUT2D eigenvalue weighted by Crippen LogP contribution is 2.30. The van der Waals surface area contributed by atoms with Crippen molar-refractivity contribution in [3.8, 4) is 5.69 Å². The zero-order valence-corrected chi connectivity index (χ0v) is 24.0. The Morgan fingerprint density at radius 3 is 2.69 bits per heavy atom. The number of aromatic nitrogens is 2. The molecule has 1 aliphatic rings. The summed E-state index contributed by atoms with van der Waals surface area (Å²) >= 11 is 7.25. The first-order valence-corrected chi connectivity index (χ1v) is 14.8. The summed E-state index contributed by atoms with van der Waals surface area (Å²) in [4.78, 5) is 30.7. The summed E-state index contributed by atoms with van der Waals surface area (Å²) in [6.07, 6.45) is 4.67. The summed E-state index contributed by atoms with van der Waals surface area (Å²) in [6, 6.07) is 7.86. The lowest BCUT2D eigenvalue weighted by atomic mass is 10.2.